The van der Waals surface area contributed by atoms with Crippen molar-refractivity contribution in [3.63, 3.8) is 0 Å². The quantitative estimate of drug-likeness (QED) is 0.826. The fourth-order valence-electron chi connectivity index (χ4n) is 1.32. The van der Waals surface area contributed by atoms with Gasteiger partial charge in [-0.05, 0) is 24.6 Å². The van der Waals surface area contributed by atoms with E-state index in [0.717, 1.165) is 5.56 Å². The van der Waals surface area contributed by atoms with Crippen molar-refractivity contribution in [2.24, 2.45) is 0 Å². The van der Waals surface area contributed by atoms with Crippen LogP contribution in [0.1, 0.15) is 18.5 Å². The lowest BCUT2D eigenvalue weighted by molar-refractivity contribution is 0.197. The lowest BCUT2D eigenvalue weighted by Crippen LogP contribution is -2.36. The SMILES string of the molecule is CNC(=O)N(C)[C@H](C)c1ccc(Cl)cc1. The number of halogens is 1. The molecule has 15 heavy (non-hydrogen) atoms. The second-order valence-electron chi connectivity index (χ2n) is 3.39. The Morgan fingerprint density at radius 2 is 1.93 bits per heavy atom. The van der Waals surface area contributed by atoms with Crippen LogP contribution in [0.5, 0.6) is 0 Å². The summed E-state index contributed by atoms with van der Waals surface area (Å²) in [6.07, 6.45) is 0. The Morgan fingerprint density at radius 3 is 2.40 bits per heavy atom. The number of nitrogens with zero attached hydrogens (tertiary/aromatic N) is 1. The minimum Gasteiger partial charge on any atom is -0.341 e. The molecule has 0 radical (unpaired) electrons. The molecular formula is C11H15ClN2O. The highest BCUT2D eigenvalue weighted by atomic mass is 35.5. The molecule has 0 unspecified atom stereocenters. The lowest BCUT2D eigenvalue weighted by Gasteiger charge is -2.24. The molecule has 4 heteroatoms. The Morgan fingerprint density at radius 1 is 1.40 bits per heavy atom. The molecular weight excluding hydrogens is 212 g/mol. The maximum Gasteiger partial charge on any atom is 0.317 e. The third kappa shape index (κ3) is 2.86. The molecule has 1 aromatic carbocycles. The van der Waals surface area contributed by atoms with Gasteiger partial charge in [-0.2, -0.15) is 0 Å². The second-order valence-corrected chi connectivity index (χ2v) is 3.83. The van der Waals surface area contributed by atoms with Crippen molar-refractivity contribution in [2.45, 2.75) is 13.0 Å². The first kappa shape index (κ1) is 11.9. The third-order valence-electron chi connectivity index (χ3n) is 2.47. The van der Waals surface area contributed by atoms with Gasteiger partial charge >= 0.3 is 6.03 Å². The average Bonchev–Trinajstić information content (AvgIpc) is 2.27. The zero-order valence-electron chi connectivity index (χ0n) is 9.12. The van der Waals surface area contributed by atoms with Gasteiger partial charge in [-0.3, -0.25) is 0 Å². The van der Waals surface area contributed by atoms with Crippen LogP contribution in [0.2, 0.25) is 5.02 Å². The Balaban J connectivity index is 2.80. The average molecular weight is 227 g/mol. The van der Waals surface area contributed by atoms with Crippen molar-refractivity contribution in [3.05, 3.63) is 34.9 Å². The van der Waals surface area contributed by atoms with E-state index in [1.54, 1.807) is 19.0 Å². The van der Waals surface area contributed by atoms with Gasteiger partial charge in [0.25, 0.3) is 0 Å². The molecule has 0 aliphatic rings. The molecule has 0 fully saturated rings. The molecule has 82 valence electrons. The van der Waals surface area contributed by atoms with Crippen LogP contribution in [0.25, 0.3) is 0 Å². The van der Waals surface area contributed by atoms with Gasteiger partial charge < -0.3 is 10.2 Å². The van der Waals surface area contributed by atoms with Crippen molar-refractivity contribution in [1.29, 1.82) is 0 Å². The molecule has 0 aliphatic heterocycles. The summed E-state index contributed by atoms with van der Waals surface area (Å²) in [6.45, 7) is 1.97. The number of rotatable bonds is 2. The highest BCUT2D eigenvalue weighted by molar-refractivity contribution is 6.30. The van der Waals surface area contributed by atoms with Crippen molar-refractivity contribution in [1.82, 2.24) is 10.2 Å². The number of urea groups is 1. The first-order valence-corrected chi connectivity index (χ1v) is 5.14. The summed E-state index contributed by atoms with van der Waals surface area (Å²) in [4.78, 5) is 13.0. The Bertz CT molecular complexity index is 337. The summed E-state index contributed by atoms with van der Waals surface area (Å²) < 4.78 is 0. The van der Waals surface area contributed by atoms with Gasteiger partial charge in [0.05, 0.1) is 6.04 Å². The van der Waals surface area contributed by atoms with Crippen LogP contribution in [0.3, 0.4) is 0 Å². The van der Waals surface area contributed by atoms with Gasteiger partial charge in [0.15, 0.2) is 0 Å². The summed E-state index contributed by atoms with van der Waals surface area (Å²) >= 11 is 5.79. The van der Waals surface area contributed by atoms with E-state index < -0.39 is 0 Å². The number of benzene rings is 1. The maximum atomic E-state index is 11.4. The number of amides is 2. The van der Waals surface area contributed by atoms with Gasteiger partial charge in [-0.1, -0.05) is 23.7 Å². The van der Waals surface area contributed by atoms with Crippen LogP contribution in [-0.4, -0.2) is 25.0 Å². The Kier molecular flexibility index (Phi) is 3.97. The minimum absolute atomic E-state index is 0.0298. The van der Waals surface area contributed by atoms with Crippen LogP contribution in [0.15, 0.2) is 24.3 Å². The summed E-state index contributed by atoms with van der Waals surface area (Å²) in [5.41, 5.74) is 1.06. The molecule has 0 bridgehead atoms. The van der Waals surface area contributed by atoms with E-state index >= 15 is 0 Å². The van der Waals surface area contributed by atoms with E-state index in [0.29, 0.717) is 5.02 Å². The van der Waals surface area contributed by atoms with Crippen LogP contribution in [0.4, 0.5) is 4.79 Å². The topological polar surface area (TPSA) is 32.3 Å². The Hall–Kier alpha value is -1.22. The second kappa shape index (κ2) is 5.03. The van der Waals surface area contributed by atoms with Crippen molar-refractivity contribution in [2.75, 3.05) is 14.1 Å². The molecule has 1 rings (SSSR count). The molecule has 0 saturated carbocycles. The van der Waals surface area contributed by atoms with Crippen molar-refractivity contribution >= 4 is 17.6 Å². The number of nitrogens with one attached hydrogen (secondary N) is 1. The molecule has 0 spiro atoms. The normalized spacial score (nSPS) is 12.0. The molecule has 0 aliphatic carbocycles. The monoisotopic (exact) mass is 226 g/mol. The van der Waals surface area contributed by atoms with E-state index in [9.17, 15) is 4.79 Å². The predicted molar refractivity (Wildman–Crippen MR) is 62.1 cm³/mol. The zero-order chi connectivity index (χ0) is 11.4. The number of carbonyl (C=O) groups excluding carboxylic acids is 1. The first-order valence-electron chi connectivity index (χ1n) is 4.76. The highest BCUT2D eigenvalue weighted by Gasteiger charge is 2.15. The third-order valence-corrected chi connectivity index (χ3v) is 2.72. The molecule has 3 nitrogen and oxygen atoms in total. The maximum absolute atomic E-state index is 11.4. The van der Waals surface area contributed by atoms with Gasteiger partial charge in [-0.15, -0.1) is 0 Å². The van der Waals surface area contributed by atoms with E-state index in [-0.39, 0.29) is 12.1 Å². The molecule has 0 heterocycles. The summed E-state index contributed by atoms with van der Waals surface area (Å²) in [5, 5.41) is 3.29. The molecule has 0 saturated heterocycles. The van der Waals surface area contributed by atoms with Crippen LogP contribution in [-0.2, 0) is 0 Å². The molecule has 0 aromatic heterocycles. The van der Waals surface area contributed by atoms with E-state index in [1.807, 2.05) is 31.2 Å². The van der Waals surface area contributed by atoms with E-state index in [1.165, 1.54) is 0 Å². The molecule has 1 atom stereocenters. The molecule has 1 aromatic rings. The highest BCUT2D eigenvalue weighted by Crippen LogP contribution is 2.20. The number of carbonyl (C=O) groups is 1. The van der Waals surface area contributed by atoms with Gasteiger partial charge in [-0.25, -0.2) is 4.79 Å². The lowest BCUT2D eigenvalue weighted by atomic mass is 10.1. The zero-order valence-corrected chi connectivity index (χ0v) is 9.88. The minimum atomic E-state index is -0.0996. The van der Waals surface area contributed by atoms with Crippen LogP contribution in [0, 0.1) is 0 Å². The smallest absolute Gasteiger partial charge is 0.317 e. The standard InChI is InChI=1S/C11H15ClN2O/c1-8(14(3)11(15)13-2)9-4-6-10(12)7-5-9/h4-8H,1-3H3,(H,13,15)/t8-/m1/s1. The van der Waals surface area contributed by atoms with E-state index in [4.69, 9.17) is 11.6 Å². The van der Waals surface area contributed by atoms with Gasteiger partial charge in [0.1, 0.15) is 0 Å². The van der Waals surface area contributed by atoms with E-state index in [2.05, 4.69) is 5.32 Å². The predicted octanol–water partition coefficient (Wildman–Crippen LogP) is 2.67. The summed E-state index contributed by atoms with van der Waals surface area (Å²) in [6, 6.07) is 7.43. The molecule has 2 amide bonds. The fraction of sp³-hybridized carbons (Fsp3) is 0.364. The largest absolute Gasteiger partial charge is 0.341 e. The van der Waals surface area contributed by atoms with Gasteiger partial charge in [0, 0.05) is 19.1 Å². The Labute approximate surface area is 95.0 Å². The van der Waals surface area contributed by atoms with Crippen LogP contribution < -0.4 is 5.32 Å². The number of hydrogen-bond acceptors (Lipinski definition) is 1. The first-order chi connectivity index (χ1) is 7.06. The number of hydrogen-bond donors (Lipinski definition) is 1. The fourth-order valence-corrected chi connectivity index (χ4v) is 1.44. The van der Waals surface area contributed by atoms with Crippen LogP contribution >= 0.6 is 11.6 Å². The summed E-state index contributed by atoms with van der Waals surface area (Å²) in [5.74, 6) is 0. The van der Waals surface area contributed by atoms with Crippen molar-refractivity contribution < 1.29 is 4.79 Å². The molecule has 1 N–H and O–H groups in total. The van der Waals surface area contributed by atoms with Crippen molar-refractivity contribution in [3.8, 4) is 0 Å². The summed E-state index contributed by atoms with van der Waals surface area (Å²) in [7, 11) is 3.38. The van der Waals surface area contributed by atoms with Gasteiger partial charge in [0.2, 0.25) is 0 Å².